The molecule has 1 saturated heterocycles. The summed E-state index contributed by atoms with van der Waals surface area (Å²) in [5, 5.41) is 3.87. The normalized spacial score (nSPS) is 23.7. The molecule has 1 amide bonds. The minimum atomic E-state index is -0.00368. The van der Waals surface area contributed by atoms with Gasteiger partial charge in [0, 0.05) is 13.0 Å². The predicted molar refractivity (Wildman–Crippen MR) is 78.5 cm³/mol. The van der Waals surface area contributed by atoms with E-state index in [-0.39, 0.29) is 11.9 Å². The van der Waals surface area contributed by atoms with Crippen molar-refractivity contribution in [2.24, 2.45) is 5.92 Å². The molecule has 0 aromatic carbocycles. The van der Waals surface area contributed by atoms with Crippen molar-refractivity contribution in [2.45, 2.75) is 70.8 Å². The Morgan fingerprint density at radius 3 is 2.71 bits per heavy atom. The molecular weight excluding hydrogens is 266 g/mol. The molecule has 1 aromatic rings. The maximum absolute atomic E-state index is 12.6. The van der Waals surface area contributed by atoms with Crippen molar-refractivity contribution >= 4 is 5.91 Å². The third-order valence-corrected chi connectivity index (χ3v) is 4.89. The molecule has 5 nitrogen and oxygen atoms in total. The largest absolute Gasteiger partial charge is 0.337 e. The summed E-state index contributed by atoms with van der Waals surface area (Å²) in [5.74, 6) is 2.29. The van der Waals surface area contributed by atoms with E-state index in [1.54, 1.807) is 0 Å². The summed E-state index contributed by atoms with van der Waals surface area (Å²) in [7, 11) is 0. The first kappa shape index (κ1) is 14.5. The van der Waals surface area contributed by atoms with Crippen LogP contribution in [0.3, 0.4) is 0 Å². The Morgan fingerprint density at radius 1 is 1.24 bits per heavy atom. The van der Waals surface area contributed by atoms with Crippen LogP contribution in [0.15, 0.2) is 4.52 Å². The second-order valence-corrected chi connectivity index (χ2v) is 6.47. The Balaban J connectivity index is 1.61. The fourth-order valence-corrected chi connectivity index (χ4v) is 3.71. The fourth-order valence-electron chi connectivity index (χ4n) is 3.71. The molecule has 2 heterocycles. The molecule has 0 spiro atoms. The molecule has 2 aliphatic rings. The third-order valence-electron chi connectivity index (χ3n) is 4.89. The Kier molecular flexibility index (Phi) is 4.56. The molecule has 1 atom stereocenters. The van der Waals surface area contributed by atoms with Crippen LogP contribution in [0.25, 0.3) is 0 Å². The highest BCUT2D eigenvalue weighted by atomic mass is 16.5. The first-order valence-electron chi connectivity index (χ1n) is 8.33. The van der Waals surface area contributed by atoms with E-state index in [2.05, 4.69) is 10.1 Å². The Labute approximate surface area is 126 Å². The van der Waals surface area contributed by atoms with E-state index >= 15 is 0 Å². The maximum Gasteiger partial charge on any atom is 0.249 e. The van der Waals surface area contributed by atoms with Crippen LogP contribution in [0.5, 0.6) is 0 Å². The van der Waals surface area contributed by atoms with Gasteiger partial charge >= 0.3 is 0 Å². The number of hydrogen-bond acceptors (Lipinski definition) is 4. The zero-order chi connectivity index (χ0) is 14.7. The van der Waals surface area contributed by atoms with Crippen LogP contribution in [-0.2, 0) is 4.79 Å². The summed E-state index contributed by atoms with van der Waals surface area (Å²) < 4.78 is 5.31. The van der Waals surface area contributed by atoms with Gasteiger partial charge in [-0.05, 0) is 38.5 Å². The van der Waals surface area contributed by atoms with Crippen LogP contribution >= 0.6 is 0 Å². The summed E-state index contributed by atoms with van der Waals surface area (Å²) in [6, 6.07) is -0.00368. The first-order chi connectivity index (χ1) is 10.2. The molecule has 5 heteroatoms. The van der Waals surface area contributed by atoms with Gasteiger partial charge in [0.25, 0.3) is 0 Å². The topological polar surface area (TPSA) is 59.2 Å². The molecule has 0 N–H and O–H groups in total. The van der Waals surface area contributed by atoms with Gasteiger partial charge in [-0.3, -0.25) is 4.79 Å². The van der Waals surface area contributed by atoms with Gasteiger partial charge in [0.15, 0.2) is 5.82 Å². The lowest BCUT2D eigenvalue weighted by molar-refractivity contribution is -0.136. The molecule has 0 radical (unpaired) electrons. The van der Waals surface area contributed by atoms with E-state index < -0.39 is 0 Å². The molecule has 3 rings (SSSR count). The lowest BCUT2D eigenvalue weighted by Crippen LogP contribution is -2.38. The SMILES string of the molecule is Cc1noc([C@H]2CCCCN2C(=O)CCC2CCCC2)n1. The molecule has 0 bridgehead atoms. The first-order valence-corrected chi connectivity index (χ1v) is 8.33. The molecule has 2 fully saturated rings. The van der Waals surface area contributed by atoms with Crippen LogP contribution in [0, 0.1) is 12.8 Å². The average Bonchev–Trinajstić information content (AvgIpc) is 3.16. The number of amides is 1. The number of carbonyl (C=O) groups is 1. The van der Waals surface area contributed by atoms with Gasteiger partial charge in [-0.2, -0.15) is 4.98 Å². The lowest BCUT2D eigenvalue weighted by atomic mass is 9.98. The second kappa shape index (κ2) is 6.58. The zero-order valence-electron chi connectivity index (χ0n) is 12.9. The van der Waals surface area contributed by atoms with Crippen molar-refractivity contribution in [3.63, 3.8) is 0 Å². The van der Waals surface area contributed by atoms with Crippen LogP contribution in [0.4, 0.5) is 0 Å². The Morgan fingerprint density at radius 2 is 2.00 bits per heavy atom. The monoisotopic (exact) mass is 291 g/mol. The standard InChI is InChI=1S/C16H25N3O2/c1-12-17-16(21-18-12)14-8-4-5-11-19(14)15(20)10-9-13-6-2-3-7-13/h13-14H,2-11H2,1H3/t14-/m1/s1. The number of hydrogen-bond donors (Lipinski definition) is 0. The second-order valence-electron chi connectivity index (χ2n) is 6.47. The Bertz CT molecular complexity index is 480. The number of carbonyl (C=O) groups excluding carboxylic acids is 1. The van der Waals surface area contributed by atoms with E-state index in [0.717, 1.165) is 38.1 Å². The van der Waals surface area contributed by atoms with Crippen LogP contribution in [-0.4, -0.2) is 27.5 Å². The smallest absolute Gasteiger partial charge is 0.249 e. The van der Waals surface area contributed by atoms with Gasteiger partial charge in [0.1, 0.15) is 6.04 Å². The van der Waals surface area contributed by atoms with Crippen molar-refractivity contribution in [3.8, 4) is 0 Å². The highest BCUT2D eigenvalue weighted by Gasteiger charge is 2.32. The van der Waals surface area contributed by atoms with Gasteiger partial charge < -0.3 is 9.42 Å². The van der Waals surface area contributed by atoms with Crippen molar-refractivity contribution in [2.75, 3.05) is 6.54 Å². The summed E-state index contributed by atoms with van der Waals surface area (Å²) in [4.78, 5) is 18.9. The van der Waals surface area contributed by atoms with Gasteiger partial charge in [-0.15, -0.1) is 0 Å². The van der Waals surface area contributed by atoms with Gasteiger partial charge in [0.05, 0.1) is 0 Å². The molecule has 116 valence electrons. The highest BCUT2D eigenvalue weighted by molar-refractivity contribution is 5.76. The molecule has 1 aromatic heterocycles. The van der Waals surface area contributed by atoms with E-state index in [0.29, 0.717) is 18.1 Å². The van der Waals surface area contributed by atoms with Crippen LogP contribution < -0.4 is 0 Å². The number of piperidine rings is 1. The van der Waals surface area contributed by atoms with Crippen molar-refractivity contribution in [1.29, 1.82) is 0 Å². The molecular formula is C16H25N3O2. The van der Waals surface area contributed by atoms with Gasteiger partial charge in [-0.1, -0.05) is 30.8 Å². The minimum Gasteiger partial charge on any atom is -0.337 e. The molecule has 1 saturated carbocycles. The van der Waals surface area contributed by atoms with Crippen LogP contribution in [0.2, 0.25) is 0 Å². The number of aromatic nitrogens is 2. The number of rotatable bonds is 4. The number of nitrogens with zero attached hydrogens (tertiary/aromatic N) is 3. The van der Waals surface area contributed by atoms with E-state index in [4.69, 9.17) is 4.52 Å². The Hall–Kier alpha value is -1.39. The third kappa shape index (κ3) is 3.44. The molecule has 1 aliphatic carbocycles. The van der Waals surface area contributed by atoms with Gasteiger partial charge in [0.2, 0.25) is 11.8 Å². The summed E-state index contributed by atoms with van der Waals surface area (Å²) in [5.41, 5.74) is 0. The molecule has 1 aliphatic heterocycles. The van der Waals surface area contributed by atoms with E-state index in [1.807, 2.05) is 11.8 Å². The minimum absolute atomic E-state index is 0.00368. The molecule has 0 unspecified atom stereocenters. The van der Waals surface area contributed by atoms with Crippen LogP contribution in [0.1, 0.15) is 75.5 Å². The molecule has 21 heavy (non-hydrogen) atoms. The lowest BCUT2D eigenvalue weighted by Gasteiger charge is -2.33. The summed E-state index contributed by atoms with van der Waals surface area (Å²) >= 11 is 0. The predicted octanol–water partition coefficient (Wildman–Crippen LogP) is 3.40. The quantitative estimate of drug-likeness (QED) is 0.853. The fraction of sp³-hybridized carbons (Fsp3) is 0.812. The summed E-state index contributed by atoms with van der Waals surface area (Å²) in [6.45, 7) is 2.65. The highest BCUT2D eigenvalue weighted by Crippen LogP contribution is 2.32. The van der Waals surface area contributed by atoms with Crippen molar-refractivity contribution in [3.05, 3.63) is 11.7 Å². The number of likely N-dealkylation sites (tertiary alicyclic amines) is 1. The zero-order valence-corrected chi connectivity index (χ0v) is 12.9. The van der Waals surface area contributed by atoms with Crippen molar-refractivity contribution in [1.82, 2.24) is 15.0 Å². The van der Waals surface area contributed by atoms with E-state index in [9.17, 15) is 4.79 Å². The van der Waals surface area contributed by atoms with Crippen molar-refractivity contribution < 1.29 is 9.32 Å². The van der Waals surface area contributed by atoms with E-state index in [1.165, 1.54) is 25.7 Å². The number of aryl methyl sites for hydroxylation is 1. The maximum atomic E-state index is 12.6. The van der Waals surface area contributed by atoms with Gasteiger partial charge in [-0.25, -0.2) is 0 Å². The average molecular weight is 291 g/mol. The summed E-state index contributed by atoms with van der Waals surface area (Å²) in [6.07, 6.45) is 10.2.